The number of rotatable bonds is 7. The van der Waals surface area contributed by atoms with Crippen molar-refractivity contribution in [2.24, 2.45) is 0 Å². The van der Waals surface area contributed by atoms with Gasteiger partial charge >= 0.3 is 0 Å². The third-order valence-electron chi connectivity index (χ3n) is 2.43. The Morgan fingerprint density at radius 2 is 2.00 bits per heavy atom. The first-order valence-corrected chi connectivity index (χ1v) is 5.84. The topological polar surface area (TPSA) is 9.23 Å². The van der Waals surface area contributed by atoms with E-state index in [4.69, 9.17) is 16.2 Å². The van der Waals surface area contributed by atoms with Crippen molar-refractivity contribution in [3.63, 3.8) is 0 Å². The molecule has 0 heterocycles. The minimum absolute atomic E-state index is 0.188. The van der Waals surface area contributed by atoms with Crippen LogP contribution in [0.5, 0.6) is 0 Å². The first-order chi connectivity index (χ1) is 6.55. The molecule has 14 heavy (non-hydrogen) atoms. The van der Waals surface area contributed by atoms with Crippen molar-refractivity contribution in [2.75, 3.05) is 0 Å². The Balaban J connectivity index is 3.77. The number of allylic oxidation sites excluding steroid dienone is 2. The molecule has 0 fully saturated rings. The fourth-order valence-electron chi connectivity index (χ4n) is 1.49. The van der Waals surface area contributed by atoms with Gasteiger partial charge in [0.25, 0.3) is 0 Å². The summed E-state index contributed by atoms with van der Waals surface area (Å²) in [6.07, 6.45) is 7.97. The van der Waals surface area contributed by atoms with Gasteiger partial charge in [-0.2, -0.15) is 0 Å². The first-order valence-electron chi connectivity index (χ1n) is 5.53. The number of halogens is 1. The van der Waals surface area contributed by atoms with Gasteiger partial charge in [0, 0.05) is 0 Å². The molecule has 0 aliphatic rings. The molecular formula is C12H23ClO. The minimum atomic E-state index is -0.188. The summed E-state index contributed by atoms with van der Waals surface area (Å²) in [5.74, 6) is 0. The summed E-state index contributed by atoms with van der Waals surface area (Å²) < 4.78 is 4.87. The summed E-state index contributed by atoms with van der Waals surface area (Å²) in [5.41, 5.74) is 1.37. The van der Waals surface area contributed by atoms with Crippen molar-refractivity contribution in [2.45, 2.75) is 65.4 Å². The van der Waals surface area contributed by atoms with Gasteiger partial charge in [-0.1, -0.05) is 25.5 Å². The molecule has 0 atom stereocenters. The Labute approximate surface area is 93.7 Å². The van der Waals surface area contributed by atoms with E-state index in [1.807, 2.05) is 13.8 Å². The number of hydrogen-bond acceptors (Lipinski definition) is 1. The van der Waals surface area contributed by atoms with Gasteiger partial charge in [0.05, 0.1) is 17.5 Å². The van der Waals surface area contributed by atoms with Crippen molar-refractivity contribution in [3.8, 4) is 0 Å². The van der Waals surface area contributed by atoms with E-state index in [-0.39, 0.29) is 5.60 Å². The van der Waals surface area contributed by atoms with Crippen molar-refractivity contribution in [1.82, 2.24) is 0 Å². The van der Waals surface area contributed by atoms with Crippen LogP contribution in [0.25, 0.3) is 0 Å². The Morgan fingerprint density at radius 1 is 1.36 bits per heavy atom. The quantitative estimate of drug-likeness (QED) is 0.555. The Hall–Kier alpha value is -0.0100. The van der Waals surface area contributed by atoms with Crippen LogP contribution in [-0.2, 0) is 4.29 Å². The molecule has 0 aliphatic heterocycles. The molecule has 0 unspecified atom stereocenters. The zero-order chi connectivity index (χ0) is 11.0. The second-order valence-corrected chi connectivity index (χ2v) is 4.47. The lowest BCUT2D eigenvalue weighted by Crippen LogP contribution is -2.19. The molecule has 0 aliphatic carbocycles. The highest BCUT2D eigenvalue weighted by molar-refractivity contribution is 6.07. The van der Waals surface area contributed by atoms with Crippen LogP contribution in [0, 0.1) is 0 Å². The predicted molar refractivity (Wildman–Crippen MR) is 63.5 cm³/mol. The molecule has 0 amide bonds. The Bertz CT molecular complexity index is 173. The molecule has 1 nitrogen and oxygen atoms in total. The van der Waals surface area contributed by atoms with Gasteiger partial charge in [-0.25, -0.2) is 0 Å². The molecule has 0 aromatic heterocycles. The van der Waals surface area contributed by atoms with Crippen LogP contribution in [0.4, 0.5) is 0 Å². The van der Waals surface area contributed by atoms with E-state index in [1.165, 1.54) is 6.42 Å². The second kappa shape index (κ2) is 7.30. The van der Waals surface area contributed by atoms with E-state index in [1.54, 1.807) is 5.57 Å². The molecule has 0 aromatic carbocycles. The van der Waals surface area contributed by atoms with Gasteiger partial charge in [-0.15, -0.1) is 0 Å². The van der Waals surface area contributed by atoms with Crippen LogP contribution in [0.3, 0.4) is 0 Å². The van der Waals surface area contributed by atoms with Crippen molar-refractivity contribution >= 4 is 11.9 Å². The van der Waals surface area contributed by atoms with E-state index in [0.717, 1.165) is 25.7 Å². The van der Waals surface area contributed by atoms with Crippen molar-refractivity contribution in [1.29, 1.82) is 0 Å². The van der Waals surface area contributed by atoms with E-state index in [9.17, 15) is 0 Å². The third kappa shape index (κ3) is 6.44. The van der Waals surface area contributed by atoms with Gasteiger partial charge in [0.15, 0.2) is 0 Å². The summed E-state index contributed by atoms with van der Waals surface area (Å²) in [5, 5.41) is 0. The smallest absolute Gasteiger partial charge is 0.0841 e. The minimum Gasteiger partial charge on any atom is -0.273 e. The molecule has 0 radical (unpaired) electrons. The lowest BCUT2D eigenvalue weighted by atomic mass is 9.98. The van der Waals surface area contributed by atoms with E-state index >= 15 is 0 Å². The highest BCUT2D eigenvalue weighted by atomic mass is 35.5. The highest BCUT2D eigenvalue weighted by Crippen LogP contribution is 2.22. The maximum absolute atomic E-state index is 5.39. The van der Waals surface area contributed by atoms with Crippen LogP contribution < -0.4 is 0 Å². The standard InChI is InChI=1S/C12H23ClO/c1-5-8-11(6-2)9-7-10-12(3,4)14-13/h8H,5-7,9-10H2,1-4H3/b11-8-. The van der Waals surface area contributed by atoms with Gasteiger partial charge < -0.3 is 0 Å². The maximum Gasteiger partial charge on any atom is 0.0841 e. The molecule has 2 heteroatoms. The molecular weight excluding hydrogens is 196 g/mol. The summed E-state index contributed by atoms with van der Waals surface area (Å²) in [6, 6.07) is 0. The van der Waals surface area contributed by atoms with Gasteiger partial charge in [0.2, 0.25) is 0 Å². The van der Waals surface area contributed by atoms with Crippen LogP contribution in [0.1, 0.15) is 59.8 Å². The average molecular weight is 219 g/mol. The lowest BCUT2D eigenvalue weighted by molar-refractivity contribution is 0.112. The summed E-state index contributed by atoms with van der Waals surface area (Å²) >= 11 is 5.39. The average Bonchev–Trinajstić information content (AvgIpc) is 2.16. The molecule has 0 bridgehead atoms. The zero-order valence-corrected chi connectivity index (χ0v) is 10.7. The van der Waals surface area contributed by atoms with Crippen LogP contribution >= 0.6 is 11.9 Å². The fourth-order valence-corrected chi connectivity index (χ4v) is 1.57. The van der Waals surface area contributed by atoms with Crippen molar-refractivity contribution in [3.05, 3.63) is 11.6 Å². The summed E-state index contributed by atoms with van der Waals surface area (Å²) in [4.78, 5) is 0. The Kier molecular flexibility index (Phi) is 7.30. The predicted octanol–water partition coefficient (Wildman–Crippen LogP) is 4.85. The lowest BCUT2D eigenvalue weighted by Gasteiger charge is -2.20. The monoisotopic (exact) mass is 218 g/mol. The van der Waals surface area contributed by atoms with Crippen LogP contribution in [0.15, 0.2) is 11.6 Å². The zero-order valence-electron chi connectivity index (χ0n) is 9.90. The van der Waals surface area contributed by atoms with Crippen molar-refractivity contribution < 1.29 is 4.29 Å². The maximum atomic E-state index is 5.39. The van der Waals surface area contributed by atoms with Gasteiger partial charge in [-0.3, -0.25) is 4.29 Å². The van der Waals surface area contributed by atoms with Crippen LogP contribution in [-0.4, -0.2) is 5.60 Å². The number of hydrogen-bond donors (Lipinski definition) is 0. The first kappa shape index (κ1) is 14.0. The highest BCUT2D eigenvalue weighted by Gasteiger charge is 2.17. The molecule has 84 valence electrons. The second-order valence-electron chi connectivity index (χ2n) is 4.31. The largest absolute Gasteiger partial charge is 0.273 e. The van der Waals surface area contributed by atoms with E-state index in [2.05, 4.69) is 19.9 Å². The molecule has 0 N–H and O–H groups in total. The molecule has 0 saturated heterocycles. The molecule has 0 saturated carbocycles. The van der Waals surface area contributed by atoms with E-state index < -0.39 is 0 Å². The molecule has 0 rings (SSSR count). The normalized spacial score (nSPS) is 13.4. The third-order valence-corrected chi connectivity index (χ3v) is 2.85. The molecule has 0 aromatic rings. The summed E-state index contributed by atoms with van der Waals surface area (Å²) in [6.45, 7) is 8.44. The van der Waals surface area contributed by atoms with Gasteiger partial charge in [-0.05, 0) is 46.0 Å². The Morgan fingerprint density at radius 3 is 2.43 bits per heavy atom. The molecule has 0 spiro atoms. The van der Waals surface area contributed by atoms with Gasteiger partial charge in [0.1, 0.15) is 0 Å². The fraction of sp³-hybridized carbons (Fsp3) is 0.833. The van der Waals surface area contributed by atoms with Crippen LogP contribution in [0.2, 0.25) is 0 Å². The summed E-state index contributed by atoms with van der Waals surface area (Å²) in [7, 11) is 0. The SMILES string of the molecule is CC/C=C(/CC)CCCC(C)(C)OCl. The van der Waals surface area contributed by atoms with E-state index in [0.29, 0.717) is 0 Å².